The van der Waals surface area contributed by atoms with Gasteiger partial charge < -0.3 is 20.1 Å². The van der Waals surface area contributed by atoms with Gasteiger partial charge in [0.1, 0.15) is 22.8 Å². The number of aromatic carboxylic acids is 1. The summed E-state index contributed by atoms with van der Waals surface area (Å²) in [5, 5.41) is 32.5. The Labute approximate surface area is 303 Å². The number of hydrogen-bond donors (Lipinski definition) is 4. The lowest BCUT2D eigenvalue weighted by molar-refractivity contribution is -0.138. The number of nitrogens with zero attached hydrogens (tertiary/aromatic N) is 2. The number of carboxylic acids is 1. The van der Waals surface area contributed by atoms with Crippen molar-refractivity contribution in [3.05, 3.63) is 125 Å². The molecule has 4 aliphatic rings. The number of hydrazine groups is 1. The molecule has 2 aliphatic carbocycles. The third-order valence-corrected chi connectivity index (χ3v) is 11.4. The number of aryl methyl sites for hydroxylation is 1. The van der Waals surface area contributed by atoms with Crippen LogP contribution >= 0.6 is 0 Å². The minimum absolute atomic E-state index is 0.0236. The second-order valence-electron chi connectivity index (χ2n) is 14.0. The first-order chi connectivity index (χ1) is 25.5. The van der Waals surface area contributed by atoms with Gasteiger partial charge in [0, 0.05) is 17.5 Å². The molecule has 268 valence electrons. The third-order valence-electron chi connectivity index (χ3n) is 11.4. The highest BCUT2D eigenvalue weighted by molar-refractivity contribution is 6.23. The molecular formula is C41H35N3O9. The number of ether oxygens (including phenoxy) is 1. The predicted molar refractivity (Wildman–Crippen MR) is 191 cm³/mol. The number of carbonyl (C=O) groups excluding carboxylic acids is 4. The average molecular weight is 714 g/mol. The lowest BCUT2D eigenvalue weighted by atomic mass is 9.49. The van der Waals surface area contributed by atoms with Crippen LogP contribution in [-0.4, -0.2) is 57.0 Å². The molecule has 8 rings (SSSR count). The van der Waals surface area contributed by atoms with Crippen LogP contribution in [0.15, 0.2) is 103 Å². The monoisotopic (exact) mass is 713 g/mol. The second kappa shape index (κ2) is 12.4. The summed E-state index contributed by atoms with van der Waals surface area (Å²) in [6.45, 7) is 1.92. The van der Waals surface area contributed by atoms with E-state index in [1.54, 1.807) is 48.5 Å². The molecule has 2 saturated heterocycles. The molecule has 1 saturated carbocycles. The van der Waals surface area contributed by atoms with Crippen molar-refractivity contribution in [3.63, 3.8) is 0 Å². The van der Waals surface area contributed by atoms with Gasteiger partial charge in [0.15, 0.2) is 0 Å². The van der Waals surface area contributed by atoms with Gasteiger partial charge >= 0.3 is 5.97 Å². The number of fused-ring (bicyclic) bond motifs is 4. The van der Waals surface area contributed by atoms with Gasteiger partial charge in [-0.3, -0.25) is 24.6 Å². The number of hydrogen-bond acceptors (Lipinski definition) is 9. The molecule has 2 aliphatic heterocycles. The zero-order chi connectivity index (χ0) is 37.3. The van der Waals surface area contributed by atoms with Crippen molar-refractivity contribution in [2.24, 2.45) is 23.7 Å². The minimum atomic E-state index is -1.58. The molecule has 4 N–H and O–H groups in total. The Balaban J connectivity index is 1.31. The summed E-state index contributed by atoms with van der Waals surface area (Å²) < 4.78 is 5.57. The van der Waals surface area contributed by atoms with Crippen molar-refractivity contribution in [1.29, 1.82) is 0 Å². The van der Waals surface area contributed by atoms with Gasteiger partial charge in [-0.25, -0.2) is 9.69 Å². The highest BCUT2D eigenvalue weighted by Gasteiger charge is 2.70. The van der Waals surface area contributed by atoms with Gasteiger partial charge in [-0.2, -0.15) is 5.01 Å². The Morgan fingerprint density at radius 3 is 2.26 bits per heavy atom. The summed E-state index contributed by atoms with van der Waals surface area (Å²) in [5.74, 6) is -8.32. The minimum Gasteiger partial charge on any atom is -0.508 e. The largest absolute Gasteiger partial charge is 0.508 e. The molecule has 0 aromatic heterocycles. The zero-order valence-electron chi connectivity index (χ0n) is 28.7. The van der Waals surface area contributed by atoms with E-state index in [-0.39, 0.29) is 29.8 Å². The van der Waals surface area contributed by atoms with Crippen LogP contribution in [-0.2, 0) is 24.6 Å². The van der Waals surface area contributed by atoms with Crippen LogP contribution in [0, 0.1) is 30.6 Å². The third kappa shape index (κ3) is 4.92. The van der Waals surface area contributed by atoms with Crippen molar-refractivity contribution in [1.82, 2.24) is 5.01 Å². The van der Waals surface area contributed by atoms with Crippen molar-refractivity contribution < 1.29 is 44.0 Å². The predicted octanol–water partition coefficient (Wildman–Crippen LogP) is 5.30. The lowest BCUT2D eigenvalue weighted by Gasteiger charge is -2.50. The number of carboxylic acid groups (broad SMARTS) is 1. The number of aromatic hydroxyl groups is 2. The molecule has 4 aromatic rings. The highest BCUT2D eigenvalue weighted by atomic mass is 16.5. The van der Waals surface area contributed by atoms with Gasteiger partial charge in [-0.1, -0.05) is 59.7 Å². The average Bonchev–Trinajstić information content (AvgIpc) is 3.53. The molecule has 6 unspecified atom stereocenters. The van der Waals surface area contributed by atoms with Crippen LogP contribution < -0.4 is 15.1 Å². The molecule has 0 spiro atoms. The van der Waals surface area contributed by atoms with E-state index in [9.17, 15) is 34.5 Å². The Bertz CT molecular complexity index is 2250. The first-order valence-corrected chi connectivity index (χ1v) is 17.3. The number of carbonyl (C=O) groups is 5. The van der Waals surface area contributed by atoms with Crippen LogP contribution in [0.2, 0.25) is 0 Å². The number of imide groups is 2. The number of amides is 4. The Hall–Kier alpha value is -6.43. The van der Waals surface area contributed by atoms with Crippen LogP contribution in [0.3, 0.4) is 0 Å². The molecule has 6 atom stereocenters. The van der Waals surface area contributed by atoms with E-state index in [0.717, 1.165) is 27.6 Å². The van der Waals surface area contributed by atoms with E-state index in [0.29, 0.717) is 28.1 Å². The zero-order valence-corrected chi connectivity index (χ0v) is 28.7. The smallest absolute Gasteiger partial charge is 0.339 e. The number of allylic oxidation sites excluding steroid dienone is 2. The van der Waals surface area contributed by atoms with Gasteiger partial charge in [-0.05, 0) is 73.7 Å². The summed E-state index contributed by atoms with van der Waals surface area (Å²) in [6, 6.07) is 24.4. The quantitative estimate of drug-likeness (QED) is 0.145. The number of phenols is 2. The molecule has 12 nitrogen and oxygen atoms in total. The fourth-order valence-electron chi connectivity index (χ4n) is 9.08. The second-order valence-corrected chi connectivity index (χ2v) is 14.0. The molecule has 4 amide bonds. The maximum atomic E-state index is 15.3. The number of rotatable bonds is 7. The SMILES string of the molecule is COc1ccc(O)c(C2C3=CCC4C(=O)N(c5ccc(C(=O)O)c(O)c5)C(=O)C4C3CC3C(=O)N(Nc4ccc(C)cc4)C(=O)C32c2ccccc2)c1. The van der Waals surface area contributed by atoms with Crippen LogP contribution in [0.1, 0.15) is 45.8 Å². The van der Waals surface area contributed by atoms with Crippen molar-refractivity contribution in [3.8, 4) is 17.2 Å². The maximum absolute atomic E-state index is 15.3. The Kier molecular flexibility index (Phi) is 7.86. The lowest BCUT2D eigenvalue weighted by Crippen LogP contribution is -2.53. The summed E-state index contributed by atoms with van der Waals surface area (Å²) in [7, 11) is 1.48. The van der Waals surface area contributed by atoms with Crippen molar-refractivity contribution in [2.75, 3.05) is 17.4 Å². The van der Waals surface area contributed by atoms with Gasteiger partial charge in [-0.15, -0.1) is 0 Å². The van der Waals surface area contributed by atoms with Crippen molar-refractivity contribution >= 4 is 41.0 Å². The summed E-state index contributed by atoms with van der Waals surface area (Å²) >= 11 is 0. The topological polar surface area (TPSA) is 174 Å². The number of phenolic OH excluding ortho intramolecular Hbond substituents is 1. The van der Waals surface area contributed by atoms with E-state index >= 15 is 4.79 Å². The van der Waals surface area contributed by atoms with E-state index < -0.39 is 70.4 Å². The number of methoxy groups -OCH3 is 1. The molecule has 12 heteroatoms. The van der Waals surface area contributed by atoms with Gasteiger partial charge in [0.2, 0.25) is 11.8 Å². The molecular weight excluding hydrogens is 678 g/mol. The maximum Gasteiger partial charge on any atom is 0.339 e. The summed E-state index contributed by atoms with van der Waals surface area (Å²) in [6.07, 6.45) is 2.03. The van der Waals surface area contributed by atoms with Crippen LogP contribution in [0.4, 0.5) is 11.4 Å². The molecule has 4 aromatic carbocycles. The number of anilines is 2. The summed E-state index contributed by atoms with van der Waals surface area (Å²) in [5.41, 5.74) is 4.13. The standard InChI is InChI=1S/C41H35N3O9/c1-21-8-10-23(11-9-21)42-44-37(48)31-20-29-26(15-16-28-34(29)38(49)43(36(28)47)24-12-14-27(39(50)51)33(46)18-24)35(30-19-25(53-2)13-17-32(30)45)41(31,40(44)52)22-6-4-3-5-7-22/h3-15,17-19,28-29,31,34-35,42,45-46H,16,20H2,1-2H3,(H,50,51). The molecule has 53 heavy (non-hydrogen) atoms. The molecule has 0 radical (unpaired) electrons. The number of benzene rings is 4. The summed E-state index contributed by atoms with van der Waals surface area (Å²) in [4.78, 5) is 71.1. The van der Waals surface area contributed by atoms with Crippen LogP contribution in [0.5, 0.6) is 17.2 Å². The molecule has 3 fully saturated rings. The first-order valence-electron chi connectivity index (χ1n) is 17.3. The Morgan fingerprint density at radius 2 is 1.58 bits per heavy atom. The van der Waals surface area contributed by atoms with E-state index in [2.05, 4.69) is 5.43 Å². The Morgan fingerprint density at radius 1 is 0.849 bits per heavy atom. The fraction of sp³-hybridized carbons (Fsp3) is 0.244. The highest BCUT2D eigenvalue weighted by Crippen LogP contribution is 2.65. The normalized spacial score (nSPS) is 26.2. The molecule has 2 heterocycles. The first kappa shape index (κ1) is 33.7. The van der Waals surface area contributed by atoms with Crippen LogP contribution in [0.25, 0.3) is 0 Å². The van der Waals surface area contributed by atoms with Crippen molar-refractivity contribution in [2.45, 2.75) is 31.1 Å². The van der Waals surface area contributed by atoms with E-state index in [4.69, 9.17) is 4.74 Å². The van der Waals surface area contributed by atoms with Gasteiger partial charge in [0.05, 0.1) is 41.7 Å². The molecule has 0 bridgehead atoms. The van der Waals surface area contributed by atoms with Gasteiger partial charge in [0.25, 0.3) is 11.8 Å². The number of nitrogens with one attached hydrogen (secondary N) is 1. The fourth-order valence-corrected chi connectivity index (χ4v) is 9.08. The van der Waals surface area contributed by atoms with E-state index in [1.807, 2.05) is 31.2 Å². The van der Waals surface area contributed by atoms with E-state index in [1.165, 1.54) is 19.2 Å².